The quantitative estimate of drug-likeness (QED) is 0.709. The van der Waals surface area contributed by atoms with Gasteiger partial charge < -0.3 is 15.9 Å². The smallest absolute Gasteiger partial charge is 0.305 e. The van der Waals surface area contributed by atoms with Crippen molar-refractivity contribution >= 4 is 5.97 Å². The lowest BCUT2D eigenvalue weighted by molar-refractivity contribution is -0.137. The first-order valence-electron chi connectivity index (χ1n) is 4.07. The Morgan fingerprint density at radius 3 is 2.53 bits per heavy atom. The Labute approximate surface area is 83.9 Å². The number of carbonyl (C=O) groups is 1. The number of hydrogen-bond donors (Lipinski definition) is 3. The second-order valence-corrected chi connectivity index (χ2v) is 3.01. The summed E-state index contributed by atoms with van der Waals surface area (Å²) in [6, 6.07) is 0.842. The van der Waals surface area contributed by atoms with Gasteiger partial charge in [-0.15, -0.1) is 0 Å². The maximum absolute atomic E-state index is 13.2. The fourth-order valence-corrected chi connectivity index (χ4v) is 1.14. The highest BCUT2D eigenvalue weighted by Gasteiger charge is 2.19. The average molecular weight is 217 g/mol. The largest absolute Gasteiger partial charge is 0.505 e. The van der Waals surface area contributed by atoms with Crippen LogP contribution in [0.2, 0.25) is 0 Å². The lowest BCUT2D eigenvalue weighted by Crippen LogP contribution is -2.17. The van der Waals surface area contributed by atoms with Crippen LogP contribution in [0, 0.1) is 11.6 Å². The highest BCUT2D eigenvalue weighted by atomic mass is 19.2. The van der Waals surface area contributed by atoms with Crippen LogP contribution in [0.15, 0.2) is 12.1 Å². The molecule has 4 nitrogen and oxygen atoms in total. The Morgan fingerprint density at radius 1 is 1.40 bits per heavy atom. The summed E-state index contributed by atoms with van der Waals surface area (Å²) in [5, 5.41) is 17.2. The molecule has 0 aromatic heterocycles. The minimum absolute atomic E-state index is 0.271. The first-order valence-corrected chi connectivity index (χ1v) is 4.07. The van der Waals surface area contributed by atoms with Crippen molar-refractivity contribution in [2.75, 3.05) is 0 Å². The highest BCUT2D eigenvalue weighted by Crippen LogP contribution is 2.25. The molecule has 0 bridgehead atoms. The minimum atomic E-state index is -1.42. The van der Waals surface area contributed by atoms with E-state index in [9.17, 15) is 13.6 Å². The van der Waals surface area contributed by atoms with E-state index in [0.717, 1.165) is 12.1 Å². The fourth-order valence-electron chi connectivity index (χ4n) is 1.14. The minimum Gasteiger partial charge on any atom is -0.505 e. The van der Waals surface area contributed by atoms with Crippen LogP contribution in [0.3, 0.4) is 0 Å². The number of nitrogens with two attached hydrogens (primary N) is 1. The number of aliphatic carboxylic acids is 1. The summed E-state index contributed by atoms with van der Waals surface area (Å²) >= 11 is 0. The molecule has 0 fully saturated rings. The Morgan fingerprint density at radius 2 is 2.00 bits per heavy atom. The third-order valence-corrected chi connectivity index (χ3v) is 1.89. The molecule has 0 radical (unpaired) electrons. The van der Waals surface area contributed by atoms with Crippen LogP contribution in [-0.4, -0.2) is 16.2 Å². The number of aromatic hydroxyl groups is 1. The summed E-state index contributed by atoms with van der Waals surface area (Å²) in [4.78, 5) is 10.3. The third kappa shape index (κ3) is 2.41. The van der Waals surface area contributed by atoms with Crippen LogP contribution < -0.4 is 5.73 Å². The number of phenolic OH excluding ortho intramolecular Hbond substituents is 1. The Balaban J connectivity index is 3.05. The number of halogens is 2. The van der Waals surface area contributed by atoms with Gasteiger partial charge in [-0.3, -0.25) is 4.79 Å². The number of rotatable bonds is 3. The summed E-state index contributed by atoms with van der Waals surface area (Å²) in [6.07, 6.45) is -0.513. The molecule has 1 rings (SSSR count). The molecule has 0 saturated heterocycles. The van der Waals surface area contributed by atoms with E-state index < -0.39 is 35.8 Å². The average Bonchev–Trinajstić information content (AvgIpc) is 2.13. The molecule has 1 unspecified atom stereocenters. The van der Waals surface area contributed by atoms with Gasteiger partial charge in [0.25, 0.3) is 0 Å². The lowest BCUT2D eigenvalue weighted by Gasteiger charge is -2.11. The van der Waals surface area contributed by atoms with Gasteiger partial charge in [0, 0.05) is 11.6 Å². The zero-order chi connectivity index (χ0) is 11.6. The van der Waals surface area contributed by atoms with Gasteiger partial charge in [-0.1, -0.05) is 6.07 Å². The highest BCUT2D eigenvalue weighted by molar-refractivity contribution is 5.67. The van der Waals surface area contributed by atoms with E-state index >= 15 is 0 Å². The molecule has 1 atom stereocenters. The van der Waals surface area contributed by atoms with E-state index in [2.05, 4.69) is 0 Å². The van der Waals surface area contributed by atoms with E-state index in [1.807, 2.05) is 0 Å². The van der Waals surface area contributed by atoms with Gasteiger partial charge in [-0.2, -0.15) is 4.39 Å². The van der Waals surface area contributed by atoms with Gasteiger partial charge in [0.2, 0.25) is 5.82 Å². The zero-order valence-corrected chi connectivity index (χ0v) is 7.58. The van der Waals surface area contributed by atoms with Crippen molar-refractivity contribution in [3.63, 3.8) is 0 Å². The van der Waals surface area contributed by atoms with Crippen molar-refractivity contribution in [2.24, 2.45) is 5.73 Å². The Kier molecular flexibility index (Phi) is 3.21. The molecule has 0 heterocycles. The standard InChI is InChI=1S/C9H9F2NO3/c10-8-4(5(12)3-7(14)15)1-2-6(13)9(8)11/h1-2,5,13H,3,12H2,(H,14,15). The first kappa shape index (κ1) is 11.4. The number of hydrogen-bond acceptors (Lipinski definition) is 3. The molecule has 4 N–H and O–H groups in total. The summed E-state index contributed by atoms with van der Waals surface area (Å²) in [6.45, 7) is 0. The van der Waals surface area contributed by atoms with Crippen LogP contribution in [0.5, 0.6) is 5.75 Å². The predicted molar refractivity (Wildman–Crippen MR) is 47.2 cm³/mol. The van der Waals surface area contributed by atoms with Crippen LogP contribution >= 0.6 is 0 Å². The Hall–Kier alpha value is -1.69. The van der Waals surface area contributed by atoms with Gasteiger partial charge in [0.05, 0.1) is 6.42 Å². The molecule has 15 heavy (non-hydrogen) atoms. The SMILES string of the molecule is NC(CC(=O)O)c1ccc(O)c(F)c1F. The van der Waals surface area contributed by atoms with Gasteiger partial charge in [0.1, 0.15) is 0 Å². The molecule has 0 amide bonds. The maximum atomic E-state index is 13.2. The van der Waals surface area contributed by atoms with Crippen LogP contribution in [0.25, 0.3) is 0 Å². The number of phenols is 1. The van der Waals surface area contributed by atoms with Gasteiger partial charge >= 0.3 is 5.97 Å². The van der Waals surface area contributed by atoms with Crippen molar-refractivity contribution in [1.82, 2.24) is 0 Å². The number of carboxylic acid groups (broad SMARTS) is 1. The molecule has 0 aliphatic heterocycles. The molecule has 1 aromatic carbocycles. The van der Waals surface area contributed by atoms with Gasteiger partial charge in [0.15, 0.2) is 11.6 Å². The predicted octanol–water partition coefficient (Wildman–Crippen LogP) is 1.14. The van der Waals surface area contributed by atoms with Crippen molar-refractivity contribution in [3.8, 4) is 5.75 Å². The van der Waals surface area contributed by atoms with E-state index in [0.29, 0.717) is 0 Å². The van der Waals surface area contributed by atoms with E-state index in [1.54, 1.807) is 0 Å². The fraction of sp³-hybridized carbons (Fsp3) is 0.222. The second-order valence-electron chi connectivity index (χ2n) is 3.01. The van der Waals surface area contributed by atoms with Crippen molar-refractivity contribution in [3.05, 3.63) is 29.3 Å². The molecule has 0 saturated carbocycles. The normalized spacial score (nSPS) is 12.5. The molecule has 1 aromatic rings. The molecular formula is C9H9F2NO3. The van der Waals surface area contributed by atoms with Crippen molar-refractivity contribution in [1.29, 1.82) is 0 Å². The Bertz CT molecular complexity index is 395. The number of benzene rings is 1. The van der Waals surface area contributed by atoms with Crippen LogP contribution in [-0.2, 0) is 4.79 Å². The summed E-state index contributed by atoms with van der Waals surface area (Å²) in [7, 11) is 0. The molecule has 0 aliphatic carbocycles. The molecule has 0 aliphatic rings. The molecule has 0 spiro atoms. The summed E-state index contributed by atoms with van der Waals surface area (Å²) < 4.78 is 26.0. The number of carboxylic acids is 1. The van der Waals surface area contributed by atoms with Gasteiger partial charge in [-0.05, 0) is 6.07 Å². The third-order valence-electron chi connectivity index (χ3n) is 1.89. The maximum Gasteiger partial charge on any atom is 0.305 e. The topological polar surface area (TPSA) is 83.6 Å². The molecule has 6 heteroatoms. The second kappa shape index (κ2) is 4.22. The monoisotopic (exact) mass is 217 g/mol. The first-order chi connectivity index (χ1) is 6.93. The summed E-state index contributed by atoms with van der Waals surface area (Å²) in [5.74, 6) is -4.79. The molecule has 82 valence electrons. The van der Waals surface area contributed by atoms with E-state index in [1.165, 1.54) is 0 Å². The van der Waals surface area contributed by atoms with Crippen LogP contribution in [0.4, 0.5) is 8.78 Å². The lowest BCUT2D eigenvalue weighted by atomic mass is 10.0. The van der Waals surface area contributed by atoms with Crippen LogP contribution in [0.1, 0.15) is 18.0 Å². The van der Waals surface area contributed by atoms with Gasteiger partial charge in [-0.25, -0.2) is 4.39 Å². The van der Waals surface area contributed by atoms with Crippen molar-refractivity contribution in [2.45, 2.75) is 12.5 Å². The van der Waals surface area contributed by atoms with E-state index in [-0.39, 0.29) is 5.56 Å². The van der Waals surface area contributed by atoms with Crippen molar-refractivity contribution < 1.29 is 23.8 Å². The summed E-state index contributed by atoms with van der Waals surface area (Å²) in [5.41, 5.74) is 5.08. The molecular weight excluding hydrogens is 208 g/mol. The zero-order valence-electron chi connectivity index (χ0n) is 7.58. The van der Waals surface area contributed by atoms with E-state index in [4.69, 9.17) is 15.9 Å².